The van der Waals surface area contributed by atoms with Crippen molar-refractivity contribution in [1.29, 1.82) is 0 Å². The van der Waals surface area contributed by atoms with Crippen molar-refractivity contribution in [2.75, 3.05) is 28.6 Å². The van der Waals surface area contributed by atoms with Crippen LogP contribution in [0.3, 0.4) is 0 Å². The van der Waals surface area contributed by atoms with Crippen molar-refractivity contribution in [3.8, 4) is 0 Å². The standard InChI is InChI=1S/C22H25N5O2/c1-15-9-11-27(12-10-15)19-6-3-17(4-7-19)25-22(28)20-8-5-18(14-23-20)24-21-13-16(2)29-26-21/h3-8,13-15H,9-12H2,1-2H3,(H,24,26)(H,25,28). The molecule has 4 rings (SSSR count). The number of hydrogen-bond donors (Lipinski definition) is 2. The molecule has 0 unspecified atom stereocenters. The summed E-state index contributed by atoms with van der Waals surface area (Å²) in [6.45, 7) is 6.31. The van der Waals surface area contributed by atoms with Gasteiger partial charge in [0.2, 0.25) is 0 Å². The van der Waals surface area contributed by atoms with Crippen LogP contribution < -0.4 is 15.5 Å². The maximum absolute atomic E-state index is 12.5. The number of carbonyl (C=O) groups excluding carboxylic acids is 1. The number of benzene rings is 1. The molecule has 150 valence electrons. The molecule has 1 aliphatic rings. The van der Waals surface area contributed by atoms with E-state index in [9.17, 15) is 4.79 Å². The molecule has 7 heteroatoms. The molecule has 3 heterocycles. The molecule has 0 saturated carbocycles. The lowest BCUT2D eigenvalue weighted by atomic mass is 9.99. The molecule has 0 bridgehead atoms. The molecular formula is C22H25N5O2. The van der Waals surface area contributed by atoms with E-state index in [1.165, 1.54) is 18.5 Å². The molecule has 0 radical (unpaired) electrons. The van der Waals surface area contributed by atoms with Gasteiger partial charge in [0.25, 0.3) is 5.91 Å². The Kier molecular flexibility index (Phi) is 5.46. The number of piperidine rings is 1. The average molecular weight is 391 g/mol. The summed E-state index contributed by atoms with van der Waals surface area (Å²) in [4.78, 5) is 19.1. The largest absolute Gasteiger partial charge is 0.372 e. The quantitative estimate of drug-likeness (QED) is 0.661. The van der Waals surface area contributed by atoms with Gasteiger partial charge in [0.1, 0.15) is 11.5 Å². The van der Waals surface area contributed by atoms with Gasteiger partial charge in [-0.2, -0.15) is 0 Å². The Morgan fingerprint density at radius 3 is 2.45 bits per heavy atom. The third-order valence-electron chi connectivity index (χ3n) is 5.17. The highest BCUT2D eigenvalue weighted by molar-refractivity contribution is 6.03. The fourth-order valence-electron chi connectivity index (χ4n) is 3.39. The lowest BCUT2D eigenvalue weighted by Gasteiger charge is -2.32. The highest BCUT2D eigenvalue weighted by Crippen LogP contribution is 2.24. The van der Waals surface area contributed by atoms with E-state index in [0.717, 1.165) is 36.1 Å². The molecule has 2 N–H and O–H groups in total. The number of nitrogens with zero attached hydrogens (tertiary/aromatic N) is 3. The number of nitrogens with one attached hydrogen (secondary N) is 2. The summed E-state index contributed by atoms with van der Waals surface area (Å²) in [6.07, 6.45) is 4.05. The first-order valence-electron chi connectivity index (χ1n) is 9.89. The summed E-state index contributed by atoms with van der Waals surface area (Å²) in [6, 6.07) is 13.2. The maximum atomic E-state index is 12.5. The molecule has 1 fully saturated rings. The van der Waals surface area contributed by atoms with E-state index in [-0.39, 0.29) is 5.91 Å². The molecule has 1 amide bonds. The number of aryl methyl sites for hydroxylation is 1. The monoisotopic (exact) mass is 391 g/mol. The molecular weight excluding hydrogens is 366 g/mol. The predicted octanol–water partition coefficient (Wildman–Crippen LogP) is 4.61. The second-order valence-corrected chi connectivity index (χ2v) is 7.55. The first-order chi connectivity index (χ1) is 14.1. The summed E-state index contributed by atoms with van der Waals surface area (Å²) in [5.74, 6) is 1.88. The molecule has 1 aromatic carbocycles. The zero-order valence-corrected chi connectivity index (χ0v) is 16.7. The van der Waals surface area contributed by atoms with E-state index in [2.05, 4.69) is 44.7 Å². The molecule has 0 atom stereocenters. The molecule has 7 nitrogen and oxygen atoms in total. The van der Waals surface area contributed by atoms with Gasteiger partial charge in [0.15, 0.2) is 5.82 Å². The van der Waals surface area contributed by atoms with Crippen molar-refractivity contribution in [3.05, 3.63) is 60.1 Å². The Balaban J connectivity index is 1.35. The Labute approximate surface area is 170 Å². The fraction of sp³-hybridized carbons (Fsp3) is 0.318. The van der Waals surface area contributed by atoms with Gasteiger partial charge in [-0.1, -0.05) is 12.1 Å². The van der Waals surface area contributed by atoms with Crippen LogP contribution in [0.2, 0.25) is 0 Å². The van der Waals surface area contributed by atoms with Gasteiger partial charge >= 0.3 is 0 Å². The van der Waals surface area contributed by atoms with E-state index in [0.29, 0.717) is 11.5 Å². The van der Waals surface area contributed by atoms with Crippen molar-refractivity contribution in [2.45, 2.75) is 26.7 Å². The number of pyridine rings is 1. The second kappa shape index (κ2) is 8.34. The predicted molar refractivity (Wildman–Crippen MR) is 114 cm³/mol. The smallest absolute Gasteiger partial charge is 0.274 e. The molecule has 1 aliphatic heterocycles. The Bertz CT molecular complexity index is 958. The number of rotatable bonds is 5. The Hall–Kier alpha value is -3.35. The van der Waals surface area contributed by atoms with Crippen LogP contribution in [0.15, 0.2) is 53.2 Å². The van der Waals surface area contributed by atoms with Crippen molar-refractivity contribution < 1.29 is 9.32 Å². The normalized spacial score (nSPS) is 14.6. The number of carbonyl (C=O) groups is 1. The Morgan fingerprint density at radius 2 is 1.83 bits per heavy atom. The van der Waals surface area contributed by atoms with Gasteiger partial charge in [0, 0.05) is 30.5 Å². The van der Waals surface area contributed by atoms with Crippen LogP contribution in [0.4, 0.5) is 22.9 Å². The summed E-state index contributed by atoms with van der Waals surface area (Å²) < 4.78 is 5.02. The van der Waals surface area contributed by atoms with E-state index >= 15 is 0 Å². The number of amides is 1. The summed E-state index contributed by atoms with van der Waals surface area (Å²) in [7, 11) is 0. The fourth-order valence-corrected chi connectivity index (χ4v) is 3.39. The highest BCUT2D eigenvalue weighted by Gasteiger charge is 2.16. The lowest BCUT2D eigenvalue weighted by Crippen LogP contribution is -2.32. The van der Waals surface area contributed by atoms with E-state index < -0.39 is 0 Å². The van der Waals surface area contributed by atoms with Gasteiger partial charge in [0.05, 0.1) is 11.9 Å². The summed E-state index contributed by atoms with van der Waals surface area (Å²) in [5.41, 5.74) is 3.04. The third-order valence-corrected chi connectivity index (χ3v) is 5.17. The van der Waals surface area contributed by atoms with Gasteiger partial charge in [-0.05, 0) is 62.1 Å². The van der Waals surface area contributed by atoms with Crippen LogP contribution >= 0.6 is 0 Å². The third kappa shape index (κ3) is 4.74. The van der Waals surface area contributed by atoms with E-state index in [1.54, 1.807) is 24.4 Å². The first-order valence-corrected chi connectivity index (χ1v) is 9.89. The van der Waals surface area contributed by atoms with Crippen molar-refractivity contribution in [1.82, 2.24) is 10.1 Å². The molecule has 1 saturated heterocycles. The second-order valence-electron chi connectivity index (χ2n) is 7.55. The summed E-state index contributed by atoms with van der Waals surface area (Å²) >= 11 is 0. The van der Waals surface area contributed by atoms with Gasteiger partial charge < -0.3 is 20.1 Å². The molecule has 2 aromatic heterocycles. The van der Waals surface area contributed by atoms with Crippen LogP contribution in [-0.4, -0.2) is 29.1 Å². The summed E-state index contributed by atoms with van der Waals surface area (Å²) in [5, 5.41) is 9.85. The zero-order valence-electron chi connectivity index (χ0n) is 16.7. The van der Waals surface area contributed by atoms with Gasteiger partial charge in [-0.3, -0.25) is 4.79 Å². The molecule has 0 spiro atoms. The minimum Gasteiger partial charge on any atom is -0.372 e. The molecule has 3 aromatic rings. The number of anilines is 4. The topological polar surface area (TPSA) is 83.3 Å². The van der Waals surface area contributed by atoms with Crippen LogP contribution in [-0.2, 0) is 0 Å². The van der Waals surface area contributed by atoms with Gasteiger partial charge in [-0.15, -0.1) is 0 Å². The SMILES string of the molecule is Cc1cc(Nc2ccc(C(=O)Nc3ccc(N4CCC(C)CC4)cc3)nc2)no1. The lowest BCUT2D eigenvalue weighted by molar-refractivity contribution is 0.102. The zero-order chi connectivity index (χ0) is 20.2. The molecule has 0 aliphatic carbocycles. The first kappa shape index (κ1) is 19.0. The van der Waals surface area contributed by atoms with E-state index in [4.69, 9.17) is 4.52 Å². The minimum absolute atomic E-state index is 0.242. The highest BCUT2D eigenvalue weighted by atomic mass is 16.5. The molecule has 29 heavy (non-hydrogen) atoms. The van der Waals surface area contributed by atoms with Crippen LogP contribution in [0, 0.1) is 12.8 Å². The van der Waals surface area contributed by atoms with Crippen molar-refractivity contribution in [2.24, 2.45) is 5.92 Å². The van der Waals surface area contributed by atoms with Crippen LogP contribution in [0.5, 0.6) is 0 Å². The maximum Gasteiger partial charge on any atom is 0.274 e. The van der Waals surface area contributed by atoms with Crippen molar-refractivity contribution in [3.63, 3.8) is 0 Å². The Morgan fingerprint density at radius 1 is 1.10 bits per heavy atom. The van der Waals surface area contributed by atoms with Crippen LogP contribution in [0.25, 0.3) is 0 Å². The average Bonchev–Trinajstić information content (AvgIpc) is 3.14. The van der Waals surface area contributed by atoms with Crippen molar-refractivity contribution >= 4 is 28.8 Å². The number of hydrogen-bond acceptors (Lipinski definition) is 6. The van der Waals surface area contributed by atoms with Gasteiger partial charge in [-0.25, -0.2) is 4.98 Å². The number of aromatic nitrogens is 2. The van der Waals surface area contributed by atoms with Crippen LogP contribution in [0.1, 0.15) is 36.0 Å². The van der Waals surface area contributed by atoms with E-state index in [1.807, 2.05) is 19.1 Å². The minimum atomic E-state index is -0.242.